The molecule has 0 atom stereocenters. The van der Waals surface area contributed by atoms with Crippen LogP contribution in [-0.4, -0.2) is 15.5 Å². The van der Waals surface area contributed by atoms with Crippen LogP contribution in [0.25, 0.3) is 0 Å². The molecule has 0 aliphatic heterocycles. The summed E-state index contributed by atoms with van der Waals surface area (Å²) in [6.45, 7) is 1.87. The van der Waals surface area contributed by atoms with E-state index in [0.717, 1.165) is 5.56 Å². The predicted molar refractivity (Wildman–Crippen MR) is 71.8 cm³/mol. The molecule has 0 aliphatic rings. The molecule has 1 heterocycles. The Bertz CT molecular complexity index is 586. The lowest BCUT2D eigenvalue weighted by atomic mass is 10.2. The molecule has 0 radical (unpaired) electrons. The first-order valence-electron chi connectivity index (χ1n) is 5.34. The summed E-state index contributed by atoms with van der Waals surface area (Å²) in [6.07, 6.45) is 1.43. The molecule has 0 aliphatic carbocycles. The van der Waals surface area contributed by atoms with Gasteiger partial charge in [0.2, 0.25) is 0 Å². The summed E-state index contributed by atoms with van der Waals surface area (Å²) >= 11 is 6.04. The van der Waals surface area contributed by atoms with E-state index in [2.05, 4.69) is 10.3 Å². The van der Waals surface area contributed by atoms with Gasteiger partial charge in [0.15, 0.2) is 5.95 Å². The Kier molecular flexibility index (Phi) is 3.25. The number of hydrogen-bond donors (Lipinski definition) is 2. The topological polar surface area (TPSA) is 72.9 Å². The molecule has 1 amide bonds. The summed E-state index contributed by atoms with van der Waals surface area (Å²) in [5.41, 5.74) is 7.45. The summed E-state index contributed by atoms with van der Waals surface area (Å²) in [7, 11) is 1.68. The van der Waals surface area contributed by atoms with E-state index in [1.165, 1.54) is 10.8 Å². The summed E-state index contributed by atoms with van der Waals surface area (Å²) in [5, 5.41) is 3.26. The third-order valence-corrected chi connectivity index (χ3v) is 3.03. The molecule has 0 unspecified atom stereocenters. The van der Waals surface area contributed by atoms with Crippen molar-refractivity contribution in [2.45, 2.75) is 6.92 Å². The number of nitrogens with one attached hydrogen (secondary N) is 1. The molecule has 3 N–H and O–H groups in total. The normalized spacial score (nSPS) is 10.4. The molecule has 1 aromatic heterocycles. The van der Waals surface area contributed by atoms with Gasteiger partial charge in [0.1, 0.15) is 5.69 Å². The van der Waals surface area contributed by atoms with Crippen molar-refractivity contribution >= 4 is 29.1 Å². The van der Waals surface area contributed by atoms with Gasteiger partial charge >= 0.3 is 0 Å². The van der Waals surface area contributed by atoms with Crippen molar-refractivity contribution in [3.63, 3.8) is 0 Å². The molecule has 18 heavy (non-hydrogen) atoms. The van der Waals surface area contributed by atoms with Crippen LogP contribution >= 0.6 is 11.6 Å². The Morgan fingerprint density at radius 3 is 2.78 bits per heavy atom. The molecule has 0 fully saturated rings. The molecule has 2 rings (SSSR count). The smallest absolute Gasteiger partial charge is 0.274 e. The van der Waals surface area contributed by atoms with Crippen LogP contribution < -0.4 is 11.1 Å². The van der Waals surface area contributed by atoms with Crippen LogP contribution in [0.15, 0.2) is 24.4 Å². The van der Waals surface area contributed by atoms with Gasteiger partial charge in [0, 0.05) is 7.05 Å². The lowest BCUT2D eigenvalue weighted by molar-refractivity contribution is 0.101. The van der Waals surface area contributed by atoms with E-state index in [1.807, 2.05) is 19.1 Å². The minimum atomic E-state index is -0.294. The molecule has 6 heteroatoms. The summed E-state index contributed by atoms with van der Waals surface area (Å²) in [6, 6.07) is 5.43. The van der Waals surface area contributed by atoms with Gasteiger partial charge in [0.05, 0.1) is 16.9 Å². The van der Waals surface area contributed by atoms with E-state index in [4.69, 9.17) is 17.3 Å². The predicted octanol–water partition coefficient (Wildman–Crippen LogP) is 2.22. The second-order valence-electron chi connectivity index (χ2n) is 3.95. The van der Waals surface area contributed by atoms with Gasteiger partial charge in [-0.3, -0.25) is 4.79 Å². The number of carbonyl (C=O) groups excluding carboxylic acids is 1. The molecular formula is C12H13ClN4O. The number of imidazole rings is 1. The molecular weight excluding hydrogens is 252 g/mol. The fraction of sp³-hybridized carbons (Fsp3) is 0.167. The third-order valence-electron chi connectivity index (χ3n) is 2.72. The van der Waals surface area contributed by atoms with Crippen LogP contribution in [-0.2, 0) is 7.05 Å². The zero-order valence-electron chi connectivity index (χ0n) is 10.1. The minimum absolute atomic E-state index is 0.288. The maximum Gasteiger partial charge on any atom is 0.274 e. The quantitative estimate of drug-likeness (QED) is 0.873. The number of carbonyl (C=O) groups is 1. The molecule has 94 valence electrons. The minimum Gasteiger partial charge on any atom is -0.369 e. The fourth-order valence-electron chi connectivity index (χ4n) is 1.60. The highest BCUT2D eigenvalue weighted by Gasteiger charge is 2.14. The molecule has 1 aromatic carbocycles. The van der Waals surface area contributed by atoms with Crippen LogP contribution in [0.2, 0.25) is 5.02 Å². The number of benzene rings is 1. The molecule has 5 nitrogen and oxygen atoms in total. The molecule has 0 saturated heterocycles. The van der Waals surface area contributed by atoms with Gasteiger partial charge in [-0.2, -0.15) is 0 Å². The van der Waals surface area contributed by atoms with Crippen LogP contribution in [0, 0.1) is 6.92 Å². The number of para-hydroxylation sites is 1. The van der Waals surface area contributed by atoms with Gasteiger partial charge in [-0.1, -0.05) is 23.7 Å². The van der Waals surface area contributed by atoms with Gasteiger partial charge in [-0.25, -0.2) is 4.98 Å². The Balaban J connectivity index is 2.30. The Morgan fingerprint density at radius 2 is 2.22 bits per heavy atom. The fourth-order valence-corrected chi connectivity index (χ4v) is 1.87. The van der Waals surface area contributed by atoms with Gasteiger partial charge in [-0.15, -0.1) is 0 Å². The van der Waals surface area contributed by atoms with Crippen LogP contribution in [0.5, 0.6) is 0 Å². The second kappa shape index (κ2) is 4.70. The van der Waals surface area contributed by atoms with E-state index in [1.54, 1.807) is 13.1 Å². The number of amides is 1. The molecule has 0 saturated carbocycles. The van der Waals surface area contributed by atoms with Gasteiger partial charge < -0.3 is 15.6 Å². The van der Waals surface area contributed by atoms with Crippen LogP contribution in [0.4, 0.5) is 11.6 Å². The van der Waals surface area contributed by atoms with E-state index in [-0.39, 0.29) is 11.9 Å². The van der Waals surface area contributed by atoms with Crippen molar-refractivity contribution in [1.82, 2.24) is 9.55 Å². The van der Waals surface area contributed by atoms with Crippen LogP contribution in [0.3, 0.4) is 0 Å². The number of rotatable bonds is 2. The number of aryl methyl sites for hydroxylation is 1. The number of anilines is 2. The first-order valence-corrected chi connectivity index (χ1v) is 5.72. The highest BCUT2D eigenvalue weighted by atomic mass is 35.5. The highest BCUT2D eigenvalue weighted by Crippen LogP contribution is 2.25. The SMILES string of the molecule is Cc1cccc(Cl)c1NC(=O)c1cnc(N)n1C. The average Bonchev–Trinajstić information content (AvgIpc) is 2.65. The summed E-state index contributed by atoms with van der Waals surface area (Å²) < 4.78 is 1.52. The first-order chi connectivity index (χ1) is 8.50. The Morgan fingerprint density at radius 1 is 1.50 bits per heavy atom. The van der Waals surface area contributed by atoms with Crippen molar-refractivity contribution in [3.8, 4) is 0 Å². The van der Waals surface area contributed by atoms with E-state index in [9.17, 15) is 4.79 Å². The zero-order chi connectivity index (χ0) is 13.3. The lowest BCUT2D eigenvalue weighted by Crippen LogP contribution is -2.17. The number of nitrogens with zero attached hydrogens (tertiary/aromatic N) is 2. The number of aromatic nitrogens is 2. The van der Waals surface area contributed by atoms with Crippen molar-refractivity contribution in [2.75, 3.05) is 11.1 Å². The number of nitrogens with two attached hydrogens (primary N) is 1. The monoisotopic (exact) mass is 264 g/mol. The zero-order valence-corrected chi connectivity index (χ0v) is 10.8. The number of hydrogen-bond acceptors (Lipinski definition) is 3. The van der Waals surface area contributed by atoms with Gasteiger partial charge in [-0.05, 0) is 18.6 Å². The second-order valence-corrected chi connectivity index (χ2v) is 4.35. The van der Waals surface area contributed by atoms with E-state index >= 15 is 0 Å². The molecule has 0 spiro atoms. The molecule has 0 bridgehead atoms. The summed E-state index contributed by atoms with van der Waals surface area (Å²) in [4.78, 5) is 15.9. The third kappa shape index (κ3) is 2.17. The highest BCUT2D eigenvalue weighted by molar-refractivity contribution is 6.34. The molecule has 2 aromatic rings. The van der Waals surface area contributed by atoms with Crippen molar-refractivity contribution in [2.24, 2.45) is 7.05 Å². The first kappa shape index (κ1) is 12.4. The van der Waals surface area contributed by atoms with Crippen molar-refractivity contribution in [3.05, 3.63) is 40.7 Å². The van der Waals surface area contributed by atoms with Crippen molar-refractivity contribution < 1.29 is 4.79 Å². The standard InChI is InChI=1S/C12H13ClN4O/c1-7-4-3-5-8(13)10(7)16-11(18)9-6-15-12(14)17(9)2/h3-6H,1-2H3,(H2,14,15)(H,16,18). The number of nitrogen functional groups attached to an aromatic ring is 1. The maximum absolute atomic E-state index is 12.1. The van der Waals surface area contributed by atoms with E-state index < -0.39 is 0 Å². The lowest BCUT2D eigenvalue weighted by Gasteiger charge is -2.10. The van der Waals surface area contributed by atoms with Crippen LogP contribution in [0.1, 0.15) is 16.1 Å². The number of halogens is 1. The largest absolute Gasteiger partial charge is 0.369 e. The average molecular weight is 265 g/mol. The summed E-state index contributed by atoms with van der Waals surface area (Å²) in [5.74, 6) is -0.00562. The Hall–Kier alpha value is -2.01. The maximum atomic E-state index is 12.1. The van der Waals surface area contributed by atoms with E-state index in [0.29, 0.717) is 16.4 Å². The van der Waals surface area contributed by atoms with Crippen molar-refractivity contribution in [1.29, 1.82) is 0 Å². The Labute approximate surface area is 110 Å². The van der Waals surface area contributed by atoms with Gasteiger partial charge in [0.25, 0.3) is 5.91 Å².